The van der Waals surface area contributed by atoms with E-state index in [0.29, 0.717) is 4.90 Å². The Kier molecular flexibility index (Phi) is 2.80. The third-order valence-corrected chi connectivity index (χ3v) is 4.68. The van der Waals surface area contributed by atoms with Crippen LogP contribution in [0.1, 0.15) is 0 Å². The number of rotatable bonds is 2. The normalized spacial score (nSPS) is 11.6. The van der Waals surface area contributed by atoms with Gasteiger partial charge in [0.2, 0.25) is 9.84 Å². The molecule has 0 radical (unpaired) electrons. The summed E-state index contributed by atoms with van der Waals surface area (Å²) in [4.78, 5) is 4.24. The van der Waals surface area contributed by atoms with Crippen molar-refractivity contribution >= 4 is 20.6 Å². The Bertz CT molecular complexity index is 822. The summed E-state index contributed by atoms with van der Waals surface area (Å²) in [7, 11) is -3.58. The van der Waals surface area contributed by atoms with Crippen molar-refractivity contribution in [2.45, 2.75) is 9.92 Å². The Morgan fingerprint density at radius 3 is 2.32 bits per heavy atom. The van der Waals surface area contributed by atoms with Crippen molar-refractivity contribution in [2.24, 2.45) is 0 Å². The fourth-order valence-electron chi connectivity index (χ4n) is 2.05. The SMILES string of the molecule is O=S(=O)(c1ccccn1)c1cccc2ccccc12. The van der Waals surface area contributed by atoms with Gasteiger partial charge in [0.15, 0.2) is 5.03 Å². The van der Waals surface area contributed by atoms with Gasteiger partial charge < -0.3 is 0 Å². The van der Waals surface area contributed by atoms with Crippen LogP contribution in [0.5, 0.6) is 0 Å². The average Bonchev–Trinajstić information content (AvgIpc) is 2.47. The predicted octanol–water partition coefficient (Wildman–Crippen LogP) is 3.07. The molecule has 0 amide bonds. The zero-order chi connectivity index (χ0) is 13.3. The van der Waals surface area contributed by atoms with Crippen LogP contribution in [-0.4, -0.2) is 13.4 Å². The van der Waals surface area contributed by atoms with Gasteiger partial charge in [-0.3, -0.25) is 0 Å². The van der Waals surface area contributed by atoms with Gasteiger partial charge >= 0.3 is 0 Å². The third kappa shape index (κ3) is 2.00. The van der Waals surface area contributed by atoms with Gasteiger partial charge in [-0.2, -0.15) is 0 Å². The molecular formula is C15H11NO2S. The molecule has 1 heterocycles. The Labute approximate surface area is 111 Å². The molecule has 0 N–H and O–H groups in total. The number of pyridine rings is 1. The lowest BCUT2D eigenvalue weighted by Crippen LogP contribution is -2.04. The summed E-state index contributed by atoms with van der Waals surface area (Å²) in [6.07, 6.45) is 1.48. The molecule has 0 fully saturated rings. The summed E-state index contributed by atoms with van der Waals surface area (Å²) in [6, 6.07) is 17.6. The second-order valence-electron chi connectivity index (χ2n) is 4.15. The minimum atomic E-state index is -3.58. The van der Waals surface area contributed by atoms with Gasteiger partial charge in [0.1, 0.15) is 0 Å². The number of aromatic nitrogens is 1. The molecule has 3 rings (SSSR count). The first-order chi connectivity index (χ1) is 9.19. The number of nitrogens with zero attached hydrogens (tertiary/aromatic N) is 1. The maximum Gasteiger partial charge on any atom is 0.224 e. The molecule has 94 valence electrons. The van der Waals surface area contributed by atoms with Crippen molar-refractivity contribution in [1.29, 1.82) is 0 Å². The quantitative estimate of drug-likeness (QED) is 0.718. The van der Waals surface area contributed by atoms with Gasteiger partial charge in [0, 0.05) is 11.6 Å². The van der Waals surface area contributed by atoms with Crippen LogP contribution in [0.4, 0.5) is 0 Å². The van der Waals surface area contributed by atoms with Gasteiger partial charge in [-0.1, -0.05) is 42.5 Å². The average molecular weight is 269 g/mol. The van der Waals surface area contributed by atoms with Gasteiger partial charge in [0.25, 0.3) is 0 Å². The highest BCUT2D eigenvalue weighted by Gasteiger charge is 2.20. The lowest BCUT2D eigenvalue weighted by atomic mass is 10.1. The molecule has 0 atom stereocenters. The molecule has 19 heavy (non-hydrogen) atoms. The fourth-order valence-corrected chi connectivity index (χ4v) is 3.46. The number of sulfone groups is 1. The molecular weight excluding hydrogens is 258 g/mol. The minimum Gasteiger partial charge on any atom is -0.244 e. The van der Waals surface area contributed by atoms with E-state index in [1.54, 1.807) is 24.3 Å². The molecule has 0 spiro atoms. The van der Waals surface area contributed by atoms with Crippen LogP contribution < -0.4 is 0 Å². The van der Waals surface area contributed by atoms with Gasteiger partial charge in [0.05, 0.1) is 4.90 Å². The smallest absolute Gasteiger partial charge is 0.224 e. The van der Waals surface area contributed by atoms with E-state index >= 15 is 0 Å². The largest absolute Gasteiger partial charge is 0.244 e. The molecule has 0 aliphatic heterocycles. The first-order valence-electron chi connectivity index (χ1n) is 5.83. The number of fused-ring (bicyclic) bond motifs is 1. The van der Waals surface area contributed by atoms with Crippen LogP contribution in [0.25, 0.3) is 10.8 Å². The molecule has 0 saturated heterocycles. The van der Waals surface area contributed by atoms with Gasteiger partial charge in [-0.15, -0.1) is 0 Å². The van der Waals surface area contributed by atoms with E-state index in [2.05, 4.69) is 4.98 Å². The van der Waals surface area contributed by atoms with Crippen molar-refractivity contribution in [3.63, 3.8) is 0 Å². The van der Waals surface area contributed by atoms with Crippen molar-refractivity contribution < 1.29 is 8.42 Å². The zero-order valence-corrected chi connectivity index (χ0v) is 10.8. The summed E-state index contributed by atoms with van der Waals surface area (Å²) in [5.74, 6) is 0. The van der Waals surface area contributed by atoms with Gasteiger partial charge in [-0.25, -0.2) is 13.4 Å². The predicted molar refractivity (Wildman–Crippen MR) is 73.6 cm³/mol. The van der Waals surface area contributed by atoms with Crippen LogP contribution in [0.3, 0.4) is 0 Å². The molecule has 0 aliphatic rings. The van der Waals surface area contributed by atoms with E-state index in [4.69, 9.17) is 0 Å². The summed E-state index contributed by atoms with van der Waals surface area (Å²) in [5, 5.41) is 1.70. The summed E-state index contributed by atoms with van der Waals surface area (Å²) >= 11 is 0. The van der Waals surface area contributed by atoms with Crippen LogP contribution >= 0.6 is 0 Å². The molecule has 0 bridgehead atoms. The van der Waals surface area contributed by atoms with E-state index in [-0.39, 0.29) is 5.03 Å². The molecule has 0 aliphatic carbocycles. The summed E-state index contributed by atoms with van der Waals surface area (Å²) < 4.78 is 25.2. The molecule has 0 unspecified atom stereocenters. The highest BCUT2D eigenvalue weighted by atomic mass is 32.2. The molecule has 2 aromatic carbocycles. The van der Waals surface area contributed by atoms with Crippen molar-refractivity contribution in [2.75, 3.05) is 0 Å². The van der Waals surface area contributed by atoms with Crippen LogP contribution in [0, 0.1) is 0 Å². The maximum atomic E-state index is 12.6. The first-order valence-corrected chi connectivity index (χ1v) is 7.32. The number of benzene rings is 2. The van der Waals surface area contributed by atoms with Crippen LogP contribution in [-0.2, 0) is 9.84 Å². The first kappa shape index (κ1) is 11.9. The molecule has 4 heteroatoms. The zero-order valence-electron chi connectivity index (χ0n) is 10.0. The molecule has 3 nitrogen and oxygen atoms in total. The topological polar surface area (TPSA) is 47.0 Å². The summed E-state index contributed by atoms with van der Waals surface area (Å²) in [5.41, 5.74) is 0. The van der Waals surface area contributed by atoms with E-state index < -0.39 is 9.84 Å². The van der Waals surface area contributed by atoms with Crippen molar-refractivity contribution in [1.82, 2.24) is 4.98 Å². The number of hydrogen-bond donors (Lipinski definition) is 0. The minimum absolute atomic E-state index is 0.0753. The Morgan fingerprint density at radius 1 is 0.789 bits per heavy atom. The highest BCUT2D eigenvalue weighted by Crippen LogP contribution is 2.26. The van der Waals surface area contributed by atoms with Crippen molar-refractivity contribution in [3.05, 3.63) is 66.9 Å². The van der Waals surface area contributed by atoms with E-state index in [1.165, 1.54) is 12.3 Å². The van der Waals surface area contributed by atoms with E-state index in [1.807, 2.05) is 30.3 Å². The van der Waals surface area contributed by atoms with Gasteiger partial charge in [-0.05, 0) is 23.6 Å². The van der Waals surface area contributed by atoms with E-state index in [0.717, 1.165) is 10.8 Å². The van der Waals surface area contributed by atoms with Crippen molar-refractivity contribution in [3.8, 4) is 0 Å². The molecule has 3 aromatic rings. The lowest BCUT2D eigenvalue weighted by molar-refractivity contribution is 0.593. The fraction of sp³-hybridized carbons (Fsp3) is 0. The second-order valence-corrected chi connectivity index (χ2v) is 6.01. The monoisotopic (exact) mass is 269 g/mol. The highest BCUT2D eigenvalue weighted by molar-refractivity contribution is 7.91. The Morgan fingerprint density at radius 2 is 1.53 bits per heavy atom. The third-order valence-electron chi connectivity index (χ3n) is 2.95. The van der Waals surface area contributed by atoms with Crippen LogP contribution in [0.15, 0.2) is 76.8 Å². The van der Waals surface area contributed by atoms with E-state index in [9.17, 15) is 8.42 Å². The Hall–Kier alpha value is -2.20. The standard InChI is InChI=1S/C15H11NO2S/c17-19(18,15-10-3-4-11-16-15)14-9-5-7-12-6-1-2-8-13(12)14/h1-11H. The molecule has 1 aromatic heterocycles. The second kappa shape index (κ2) is 4.48. The lowest BCUT2D eigenvalue weighted by Gasteiger charge is -2.07. The number of hydrogen-bond acceptors (Lipinski definition) is 3. The maximum absolute atomic E-state index is 12.6. The van der Waals surface area contributed by atoms with Crippen LogP contribution in [0.2, 0.25) is 0 Å². The summed E-state index contributed by atoms with van der Waals surface area (Å²) in [6.45, 7) is 0. The Balaban J connectivity index is 2.31. The molecule has 0 saturated carbocycles.